The van der Waals surface area contributed by atoms with E-state index in [-0.39, 0.29) is 5.69 Å². The number of hydrogen-bond donors (Lipinski definition) is 0. The number of rotatable bonds is 7. The number of benzene rings is 2. The van der Waals surface area contributed by atoms with E-state index < -0.39 is 4.92 Å². The van der Waals surface area contributed by atoms with Crippen LogP contribution in [0, 0.1) is 10.1 Å². The molecule has 0 radical (unpaired) electrons. The molecule has 0 N–H and O–H groups in total. The number of hydrogen-bond acceptors (Lipinski definition) is 4. The van der Waals surface area contributed by atoms with E-state index in [4.69, 9.17) is 9.47 Å². The van der Waals surface area contributed by atoms with Gasteiger partial charge in [-0.15, -0.1) is 0 Å². The molecule has 20 heavy (non-hydrogen) atoms. The second-order valence-electron chi connectivity index (χ2n) is 4.14. The van der Waals surface area contributed by atoms with E-state index in [2.05, 4.69) is 0 Å². The van der Waals surface area contributed by atoms with Crippen LogP contribution in [0.3, 0.4) is 0 Å². The molecule has 0 aliphatic heterocycles. The Kier molecular flexibility index (Phi) is 5.08. The summed E-state index contributed by atoms with van der Waals surface area (Å²) in [6.45, 7) is 1.35. The minimum absolute atomic E-state index is 0.0844. The Balaban J connectivity index is 1.67. The lowest BCUT2D eigenvalue weighted by Crippen LogP contribution is -2.06. The summed E-state index contributed by atoms with van der Waals surface area (Å²) in [5, 5.41) is 10.5. The van der Waals surface area contributed by atoms with Crippen LogP contribution in [0.25, 0.3) is 0 Å². The quantitative estimate of drug-likeness (QED) is 0.441. The minimum Gasteiger partial charge on any atom is -0.491 e. The van der Waals surface area contributed by atoms with Crippen LogP contribution in [-0.2, 0) is 11.3 Å². The van der Waals surface area contributed by atoms with Crippen LogP contribution in [0.5, 0.6) is 5.75 Å². The Morgan fingerprint density at radius 1 is 0.950 bits per heavy atom. The second kappa shape index (κ2) is 7.25. The van der Waals surface area contributed by atoms with E-state index in [9.17, 15) is 10.1 Å². The van der Waals surface area contributed by atoms with Crippen molar-refractivity contribution in [2.45, 2.75) is 6.61 Å². The molecule has 0 aromatic heterocycles. The van der Waals surface area contributed by atoms with Gasteiger partial charge < -0.3 is 9.47 Å². The van der Waals surface area contributed by atoms with Gasteiger partial charge in [-0.3, -0.25) is 10.1 Å². The number of non-ortho nitro benzene ring substituents is 1. The zero-order valence-corrected chi connectivity index (χ0v) is 10.9. The summed E-state index contributed by atoms with van der Waals surface area (Å²) in [7, 11) is 0. The molecule has 0 fully saturated rings. The maximum atomic E-state index is 10.5. The van der Waals surface area contributed by atoms with Crippen LogP contribution in [-0.4, -0.2) is 18.1 Å². The Labute approximate surface area is 116 Å². The zero-order chi connectivity index (χ0) is 14.2. The van der Waals surface area contributed by atoms with Crippen molar-refractivity contribution in [3.05, 3.63) is 70.3 Å². The van der Waals surface area contributed by atoms with E-state index in [0.29, 0.717) is 19.8 Å². The van der Waals surface area contributed by atoms with E-state index in [0.717, 1.165) is 11.3 Å². The maximum Gasteiger partial charge on any atom is 0.269 e. The fourth-order valence-corrected chi connectivity index (χ4v) is 1.64. The maximum absolute atomic E-state index is 10.5. The molecule has 2 aromatic carbocycles. The Morgan fingerprint density at radius 3 is 2.30 bits per heavy atom. The molecular weight excluding hydrogens is 258 g/mol. The summed E-state index contributed by atoms with van der Waals surface area (Å²) in [6.07, 6.45) is 0. The van der Waals surface area contributed by atoms with Gasteiger partial charge in [-0.1, -0.05) is 18.2 Å². The Morgan fingerprint density at radius 2 is 1.65 bits per heavy atom. The van der Waals surface area contributed by atoms with Crippen LogP contribution >= 0.6 is 0 Å². The summed E-state index contributed by atoms with van der Waals surface area (Å²) in [5.41, 5.74) is 0.983. The molecule has 2 rings (SSSR count). The predicted octanol–water partition coefficient (Wildman–Crippen LogP) is 3.19. The van der Waals surface area contributed by atoms with Crippen molar-refractivity contribution in [3.8, 4) is 5.75 Å². The Hall–Kier alpha value is -2.40. The molecule has 0 unspecified atom stereocenters. The van der Waals surface area contributed by atoms with Crippen molar-refractivity contribution in [2.75, 3.05) is 13.2 Å². The average Bonchev–Trinajstić information content (AvgIpc) is 2.48. The minimum atomic E-state index is -0.418. The highest BCUT2D eigenvalue weighted by molar-refractivity contribution is 5.32. The van der Waals surface area contributed by atoms with Crippen molar-refractivity contribution in [1.82, 2.24) is 0 Å². The van der Waals surface area contributed by atoms with Crippen LogP contribution in [0.1, 0.15) is 5.56 Å². The standard InChI is InChI=1S/C15H15NO4/c17-16(18)14-8-6-13(7-9-14)12-19-10-11-20-15-4-2-1-3-5-15/h1-9H,10-12H2. The lowest BCUT2D eigenvalue weighted by atomic mass is 10.2. The summed E-state index contributed by atoms with van der Waals surface area (Å²) in [4.78, 5) is 10.1. The monoisotopic (exact) mass is 273 g/mol. The number of nitrogens with zero attached hydrogens (tertiary/aromatic N) is 1. The van der Waals surface area contributed by atoms with Gasteiger partial charge in [0.15, 0.2) is 0 Å². The first-order valence-electron chi connectivity index (χ1n) is 6.24. The van der Waals surface area contributed by atoms with Crippen molar-refractivity contribution in [1.29, 1.82) is 0 Å². The highest BCUT2D eigenvalue weighted by atomic mass is 16.6. The largest absolute Gasteiger partial charge is 0.491 e. The van der Waals surface area contributed by atoms with Gasteiger partial charge in [0, 0.05) is 12.1 Å². The molecule has 0 atom stereocenters. The van der Waals surface area contributed by atoms with E-state index >= 15 is 0 Å². The number of para-hydroxylation sites is 1. The van der Waals surface area contributed by atoms with Gasteiger partial charge in [0.05, 0.1) is 18.1 Å². The van der Waals surface area contributed by atoms with Gasteiger partial charge in [-0.25, -0.2) is 0 Å². The van der Waals surface area contributed by atoms with Gasteiger partial charge in [0.25, 0.3) is 5.69 Å². The first-order chi connectivity index (χ1) is 9.75. The summed E-state index contributed by atoms with van der Waals surface area (Å²) in [6, 6.07) is 15.8. The molecule has 2 aromatic rings. The normalized spacial score (nSPS) is 10.2. The summed E-state index contributed by atoms with van der Waals surface area (Å²) in [5.74, 6) is 0.812. The molecular formula is C15H15NO4. The first kappa shape index (κ1) is 14.0. The zero-order valence-electron chi connectivity index (χ0n) is 10.9. The molecule has 104 valence electrons. The molecule has 0 heterocycles. The van der Waals surface area contributed by atoms with E-state index in [1.54, 1.807) is 12.1 Å². The molecule has 5 heteroatoms. The van der Waals surface area contributed by atoms with Gasteiger partial charge >= 0.3 is 0 Å². The third kappa shape index (κ3) is 4.37. The van der Waals surface area contributed by atoms with Gasteiger partial charge in [0.2, 0.25) is 0 Å². The third-order valence-corrected chi connectivity index (χ3v) is 2.66. The van der Waals surface area contributed by atoms with Crippen LogP contribution in [0.2, 0.25) is 0 Å². The number of nitro benzene ring substituents is 1. The molecule has 0 saturated heterocycles. The number of ether oxygens (including phenoxy) is 2. The predicted molar refractivity (Wildman–Crippen MR) is 74.7 cm³/mol. The summed E-state index contributed by atoms with van der Waals surface area (Å²) >= 11 is 0. The molecule has 0 amide bonds. The molecule has 0 bridgehead atoms. The smallest absolute Gasteiger partial charge is 0.269 e. The molecule has 5 nitrogen and oxygen atoms in total. The topological polar surface area (TPSA) is 61.6 Å². The molecule has 0 spiro atoms. The molecule has 0 saturated carbocycles. The number of nitro groups is 1. The molecule has 0 aliphatic rings. The average molecular weight is 273 g/mol. The fraction of sp³-hybridized carbons (Fsp3) is 0.200. The lowest BCUT2D eigenvalue weighted by Gasteiger charge is -2.07. The summed E-state index contributed by atoms with van der Waals surface area (Å²) < 4.78 is 10.9. The van der Waals surface area contributed by atoms with E-state index in [1.165, 1.54) is 12.1 Å². The van der Waals surface area contributed by atoms with E-state index in [1.807, 2.05) is 30.3 Å². The first-order valence-corrected chi connectivity index (χ1v) is 6.24. The lowest BCUT2D eigenvalue weighted by molar-refractivity contribution is -0.384. The molecule has 0 aliphatic carbocycles. The second-order valence-corrected chi connectivity index (χ2v) is 4.14. The van der Waals surface area contributed by atoms with Crippen molar-refractivity contribution >= 4 is 5.69 Å². The van der Waals surface area contributed by atoms with Crippen LogP contribution in [0.4, 0.5) is 5.69 Å². The highest BCUT2D eigenvalue weighted by Crippen LogP contribution is 2.12. The highest BCUT2D eigenvalue weighted by Gasteiger charge is 2.03. The SMILES string of the molecule is O=[N+]([O-])c1ccc(COCCOc2ccccc2)cc1. The van der Waals surface area contributed by atoms with Crippen molar-refractivity contribution in [3.63, 3.8) is 0 Å². The Bertz CT molecular complexity index is 540. The van der Waals surface area contributed by atoms with Gasteiger partial charge in [-0.05, 0) is 29.8 Å². The van der Waals surface area contributed by atoms with Crippen molar-refractivity contribution in [2.24, 2.45) is 0 Å². The van der Waals surface area contributed by atoms with Crippen LogP contribution < -0.4 is 4.74 Å². The fourth-order valence-electron chi connectivity index (χ4n) is 1.64. The van der Waals surface area contributed by atoms with Crippen LogP contribution in [0.15, 0.2) is 54.6 Å². The van der Waals surface area contributed by atoms with Gasteiger partial charge in [-0.2, -0.15) is 0 Å². The van der Waals surface area contributed by atoms with Crippen molar-refractivity contribution < 1.29 is 14.4 Å². The third-order valence-electron chi connectivity index (χ3n) is 2.66. The van der Waals surface area contributed by atoms with Gasteiger partial charge in [0.1, 0.15) is 12.4 Å².